The molecule has 1 heterocycles. The van der Waals surface area contributed by atoms with Crippen molar-refractivity contribution in [2.75, 3.05) is 39.0 Å². The molecule has 0 aliphatic rings. The number of hydrogen-bond acceptors (Lipinski definition) is 4. The van der Waals surface area contributed by atoms with E-state index in [2.05, 4.69) is 27.4 Å². The number of amides is 1. The number of anilines is 1. The van der Waals surface area contributed by atoms with Gasteiger partial charge >= 0.3 is 0 Å². The van der Waals surface area contributed by atoms with Crippen molar-refractivity contribution in [2.24, 2.45) is 0 Å². The summed E-state index contributed by atoms with van der Waals surface area (Å²) in [5, 5.41) is 6.19. The van der Waals surface area contributed by atoms with Gasteiger partial charge in [-0.3, -0.25) is 9.78 Å². The zero-order valence-electron chi connectivity index (χ0n) is 12.8. The molecule has 20 heavy (non-hydrogen) atoms. The SMILES string of the molecule is CCCCNc1ccnc(C(=O)NCCCN(C)C)c1. The van der Waals surface area contributed by atoms with Gasteiger partial charge in [0.05, 0.1) is 0 Å². The molecule has 5 nitrogen and oxygen atoms in total. The first-order valence-corrected chi connectivity index (χ1v) is 7.26. The van der Waals surface area contributed by atoms with Gasteiger partial charge in [-0.2, -0.15) is 0 Å². The Bertz CT molecular complexity index is 407. The molecule has 1 aromatic heterocycles. The quantitative estimate of drug-likeness (QED) is 0.678. The summed E-state index contributed by atoms with van der Waals surface area (Å²) in [7, 11) is 4.05. The molecule has 0 aliphatic carbocycles. The van der Waals surface area contributed by atoms with Crippen molar-refractivity contribution in [3.63, 3.8) is 0 Å². The predicted octanol–water partition coefficient (Wildman–Crippen LogP) is 1.98. The molecule has 0 unspecified atom stereocenters. The summed E-state index contributed by atoms with van der Waals surface area (Å²) in [6, 6.07) is 3.69. The second-order valence-corrected chi connectivity index (χ2v) is 5.12. The number of nitrogens with one attached hydrogen (secondary N) is 2. The third-order valence-corrected chi connectivity index (χ3v) is 2.92. The zero-order chi connectivity index (χ0) is 14.8. The minimum absolute atomic E-state index is 0.108. The molecule has 0 spiro atoms. The third-order valence-electron chi connectivity index (χ3n) is 2.92. The lowest BCUT2D eigenvalue weighted by Gasteiger charge is -2.10. The fraction of sp³-hybridized carbons (Fsp3) is 0.600. The van der Waals surface area contributed by atoms with Gasteiger partial charge in [-0.1, -0.05) is 13.3 Å². The Morgan fingerprint density at radius 2 is 2.10 bits per heavy atom. The highest BCUT2D eigenvalue weighted by molar-refractivity contribution is 5.93. The summed E-state index contributed by atoms with van der Waals surface area (Å²) in [5.41, 5.74) is 1.42. The van der Waals surface area contributed by atoms with Gasteiger partial charge in [0.1, 0.15) is 5.69 Å². The number of pyridine rings is 1. The molecule has 0 saturated carbocycles. The third kappa shape index (κ3) is 6.52. The standard InChI is InChI=1S/C15H26N4O/c1-4-5-8-16-13-7-10-17-14(12-13)15(20)18-9-6-11-19(2)3/h7,10,12H,4-6,8-9,11H2,1-3H3,(H,16,17)(H,18,20). The molecule has 0 atom stereocenters. The molecular formula is C15H26N4O. The molecule has 0 aliphatic heterocycles. The fourth-order valence-corrected chi connectivity index (χ4v) is 1.76. The van der Waals surface area contributed by atoms with Crippen LogP contribution in [-0.4, -0.2) is 49.5 Å². The lowest BCUT2D eigenvalue weighted by atomic mass is 10.2. The van der Waals surface area contributed by atoms with E-state index in [0.29, 0.717) is 12.2 Å². The van der Waals surface area contributed by atoms with Gasteiger partial charge in [0, 0.05) is 25.0 Å². The summed E-state index contributed by atoms with van der Waals surface area (Å²) >= 11 is 0. The summed E-state index contributed by atoms with van der Waals surface area (Å²) in [5.74, 6) is -0.108. The Hall–Kier alpha value is -1.62. The number of hydrogen-bond donors (Lipinski definition) is 2. The zero-order valence-corrected chi connectivity index (χ0v) is 12.8. The van der Waals surface area contributed by atoms with Gasteiger partial charge in [0.25, 0.3) is 5.91 Å². The Morgan fingerprint density at radius 3 is 2.80 bits per heavy atom. The second-order valence-electron chi connectivity index (χ2n) is 5.12. The van der Waals surface area contributed by atoms with Crippen molar-refractivity contribution < 1.29 is 4.79 Å². The average Bonchev–Trinajstić information content (AvgIpc) is 2.44. The molecule has 0 aromatic carbocycles. The fourth-order valence-electron chi connectivity index (χ4n) is 1.76. The molecule has 0 fully saturated rings. The highest BCUT2D eigenvalue weighted by Crippen LogP contribution is 2.08. The molecular weight excluding hydrogens is 252 g/mol. The maximum absolute atomic E-state index is 12.0. The van der Waals surface area contributed by atoms with Gasteiger partial charge in [0.2, 0.25) is 0 Å². The molecule has 2 N–H and O–H groups in total. The minimum atomic E-state index is -0.108. The smallest absolute Gasteiger partial charge is 0.269 e. The van der Waals surface area contributed by atoms with Gasteiger partial charge in [0.15, 0.2) is 0 Å². The largest absolute Gasteiger partial charge is 0.385 e. The van der Waals surface area contributed by atoms with Crippen LogP contribution in [0, 0.1) is 0 Å². The van der Waals surface area contributed by atoms with Crippen molar-refractivity contribution in [3.8, 4) is 0 Å². The van der Waals surface area contributed by atoms with Crippen molar-refractivity contribution >= 4 is 11.6 Å². The van der Waals surface area contributed by atoms with Crippen molar-refractivity contribution in [1.82, 2.24) is 15.2 Å². The molecule has 0 saturated heterocycles. The number of rotatable bonds is 9. The van der Waals surface area contributed by atoms with Crippen LogP contribution in [0.1, 0.15) is 36.7 Å². The topological polar surface area (TPSA) is 57.3 Å². The molecule has 0 radical (unpaired) electrons. The van der Waals surface area contributed by atoms with Crippen molar-refractivity contribution in [2.45, 2.75) is 26.2 Å². The Labute approximate surface area is 121 Å². The first-order chi connectivity index (χ1) is 9.63. The summed E-state index contributed by atoms with van der Waals surface area (Å²) in [4.78, 5) is 18.2. The maximum atomic E-state index is 12.0. The van der Waals surface area contributed by atoms with Crippen molar-refractivity contribution in [3.05, 3.63) is 24.0 Å². The first kappa shape index (κ1) is 16.4. The number of unbranched alkanes of at least 4 members (excludes halogenated alkanes) is 1. The van der Waals surface area contributed by atoms with E-state index in [1.165, 1.54) is 0 Å². The van der Waals surface area contributed by atoms with Gasteiger partial charge in [-0.15, -0.1) is 0 Å². The number of carbonyl (C=O) groups is 1. The molecule has 1 aromatic rings. The highest BCUT2D eigenvalue weighted by Gasteiger charge is 2.07. The average molecular weight is 278 g/mol. The summed E-state index contributed by atoms with van der Waals surface area (Å²) in [6.07, 6.45) is 4.88. The van der Waals surface area contributed by atoms with Gasteiger partial charge < -0.3 is 15.5 Å². The van der Waals surface area contributed by atoms with Crippen LogP contribution in [0.5, 0.6) is 0 Å². The molecule has 112 valence electrons. The van der Waals surface area contributed by atoms with Crippen LogP contribution in [-0.2, 0) is 0 Å². The molecule has 1 rings (SSSR count). The number of aromatic nitrogens is 1. The molecule has 5 heteroatoms. The monoisotopic (exact) mass is 278 g/mol. The van der Waals surface area contributed by atoms with E-state index in [9.17, 15) is 4.79 Å². The highest BCUT2D eigenvalue weighted by atomic mass is 16.1. The van der Waals surface area contributed by atoms with Crippen LogP contribution in [0.4, 0.5) is 5.69 Å². The Kier molecular flexibility index (Phi) is 7.65. The Balaban J connectivity index is 2.41. The van der Waals surface area contributed by atoms with Crippen LogP contribution < -0.4 is 10.6 Å². The summed E-state index contributed by atoms with van der Waals surface area (Å²) in [6.45, 7) is 4.71. The van der Waals surface area contributed by atoms with E-state index < -0.39 is 0 Å². The lowest BCUT2D eigenvalue weighted by Crippen LogP contribution is -2.27. The van der Waals surface area contributed by atoms with E-state index in [-0.39, 0.29) is 5.91 Å². The van der Waals surface area contributed by atoms with Gasteiger partial charge in [-0.05, 0) is 45.6 Å². The van der Waals surface area contributed by atoms with Crippen LogP contribution in [0.2, 0.25) is 0 Å². The Morgan fingerprint density at radius 1 is 1.30 bits per heavy atom. The van der Waals surface area contributed by atoms with Crippen molar-refractivity contribution in [1.29, 1.82) is 0 Å². The van der Waals surface area contributed by atoms with E-state index in [1.807, 2.05) is 20.2 Å². The number of nitrogens with zero attached hydrogens (tertiary/aromatic N) is 2. The van der Waals surface area contributed by atoms with E-state index in [0.717, 1.165) is 38.0 Å². The first-order valence-electron chi connectivity index (χ1n) is 7.26. The number of carbonyl (C=O) groups excluding carboxylic acids is 1. The van der Waals surface area contributed by atoms with Crippen LogP contribution in [0.15, 0.2) is 18.3 Å². The van der Waals surface area contributed by atoms with E-state index >= 15 is 0 Å². The maximum Gasteiger partial charge on any atom is 0.269 e. The lowest BCUT2D eigenvalue weighted by molar-refractivity contribution is 0.0947. The molecule has 0 bridgehead atoms. The predicted molar refractivity (Wildman–Crippen MR) is 83.1 cm³/mol. The summed E-state index contributed by atoms with van der Waals surface area (Å²) < 4.78 is 0. The van der Waals surface area contributed by atoms with Crippen LogP contribution in [0.3, 0.4) is 0 Å². The van der Waals surface area contributed by atoms with Crippen LogP contribution in [0.25, 0.3) is 0 Å². The van der Waals surface area contributed by atoms with Gasteiger partial charge in [-0.25, -0.2) is 0 Å². The van der Waals surface area contributed by atoms with E-state index in [4.69, 9.17) is 0 Å². The minimum Gasteiger partial charge on any atom is -0.385 e. The van der Waals surface area contributed by atoms with Crippen LogP contribution >= 0.6 is 0 Å². The second kappa shape index (κ2) is 9.31. The normalized spacial score (nSPS) is 10.6. The molecule has 1 amide bonds. The van der Waals surface area contributed by atoms with E-state index in [1.54, 1.807) is 12.3 Å².